The standard InChI is InChI=1S/C81H46F5N7/c82-77-76(78(83)80(85)81(86)79(77)84)61-46-75(93-72-27-23-54(58-31-35-90-68(43-58)50-17-9-3-10-18-50)39-64(72)65-40-55(24-28-73(65)93)59-32-36-91-69(44-59)51-19-11-4-12-20-51)74(45-60(61)47-87)92-70-25-21-52(56-29-33-88-66(41-56)48-13-5-1-6-14-48)37-62(70)63-38-53(22-26-71(63)92)57-30-34-89-67(42-57)49-15-7-2-8-16-49/h1-46H. The number of aromatic nitrogens is 6. The van der Waals surface area contributed by atoms with Crippen molar-refractivity contribution in [2.45, 2.75) is 0 Å². The van der Waals surface area contributed by atoms with Crippen molar-refractivity contribution < 1.29 is 22.0 Å². The molecule has 0 saturated carbocycles. The Morgan fingerprint density at radius 1 is 0.269 bits per heavy atom. The molecule has 0 radical (unpaired) electrons. The zero-order valence-electron chi connectivity index (χ0n) is 49.1. The van der Waals surface area contributed by atoms with Crippen LogP contribution in [0.4, 0.5) is 22.0 Å². The highest BCUT2D eigenvalue weighted by molar-refractivity contribution is 6.14. The quantitative estimate of drug-likeness (QED) is 0.0732. The van der Waals surface area contributed by atoms with Crippen molar-refractivity contribution in [1.29, 1.82) is 5.26 Å². The van der Waals surface area contributed by atoms with E-state index in [1.165, 1.54) is 12.1 Å². The molecule has 0 spiro atoms. The Balaban J connectivity index is 0.990. The summed E-state index contributed by atoms with van der Waals surface area (Å²) in [5, 5.41) is 14.4. The summed E-state index contributed by atoms with van der Waals surface area (Å²) in [5.41, 5.74) is 15.1. The molecule has 0 amide bonds. The van der Waals surface area contributed by atoms with Crippen LogP contribution >= 0.6 is 0 Å². The van der Waals surface area contributed by atoms with E-state index in [4.69, 9.17) is 19.9 Å². The molecule has 0 aliphatic rings. The molecule has 0 bridgehead atoms. The second kappa shape index (κ2) is 22.8. The van der Waals surface area contributed by atoms with E-state index in [1.807, 2.05) is 228 Å². The SMILES string of the molecule is N#Cc1cc(-n2c3ccc(-c4ccnc(-c5ccccc5)c4)cc3c3cc(-c4ccnc(-c5ccccc5)c4)ccc32)c(-n2c3ccc(-c4ccnc(-c5ccccc5)c4)cc3c3cc(-c4ccnc(-c5ccccc5)c4)ccc32)cc1-c1c(F)c(F)c(F)c(F)c1F. The number of nitrogens with zero attached hydrogens (tertiary/aromatic N) is 7. The Kier molecular flexibility index (Phi) is 13.7. The summed E-state index contributed by atoms with van der Waals surface area (Å²) in [4.78, 5) is 18.9. The van der Waals surface area contributed by atoms with Gasteiger partial charge in [0.05, 0.1) is 73.4 Å². The monoisotopic (exact) mass is 1210 g/mol. The van der Waals surface area contributed by atoms with E-state index >= 15 is 22.0 Å². The van der Waals surface area contributed by atoms with Crippen LogP contribution in [0.2, 0.25) is 0 Å². The van der Waals surface area contributed by atoms with E-state index < -0.39 is 40.2 Å². The van der Waals surface area contributed by atoms with Crippen LogP contribution in [0, 0.1) is 40.4 Å². The zero-order chi connectivity index (χ0) is 62.8. The van der Waals surface area contributed by atoms with Crippen LogP contribution in [0.25, 0.3) is 156 Å². The number of fused-ring (bicyclic) bond motifs is 6. The molecule has 0 N–H and O–H groups in total. The average molecular weight is 1210 g/mol. The van der Waals surface area contributed by atoms with Gasteiger partial charge in [-0.15, -0.1) is 0 Å². The van der Waals surface area contributed by atoms with Gasteiger partial charge in [0.25, 0.3) is 0 Å². The number of benzene rings is 10. The predicted molar refractivity (Wildman–Crippen MR) is 360 cm³/mol. The number of hydrogen-bond donors (Lipinski definition) is 0. The number of nitriles is 1. The third-order valence-corrected chi connectivity index (χ3v) is 17.4. The van der Waals surface area contributed by atoms with Gasteiger partial charge in [0, 0.05) is 74.1 Å². The Morgan fingerprint density at radius 2 is 0.538 bits per heavy atom. The van der Waals surface area contributed by atoms with Crippen LogP contribution in [-0.4, -0.2) is 29.1 Å². The van der Waals surface area contributed by atoms with Gasteiger partial charge in [0.2, 0.25) is 5.82 Å². The molecule has 7 nitrogen and oxygen atoms in total. The summed E-state index contributed by atoms with van der Waals surface area (Å²) < 4.78 is 83.5. The van der Waals surface area contributed by atoms with Crippen molar-refractivity contribution in [3.05, 3.63) is 314 Å². The largest absolute Gasteiger partial charge is 0.307 e. The summed E-state index contributed by atoms with van der Waals surface area (Å²) in [6.45, 7) is 0. The third-order valence-electron chi connectivity index (χ3n) is 17.4. The first kappa shape index (κ1) is 55.8. The highest BCUT2D eigenvalue weighted by Gasteiger charge is 2.31. The lowest BCUT2D eigenvalue weighted by atomic mass is 9.96. The maximum atomic E-state index is 16.6. The molecule has 6 aromatic heterocycles. The number of hydrogen-bond acceptors (Lipinski definition) is 5. The molecule has 440 valence electrons. The molecule has 16 rings (SSSR count). The highest BCUT2D eigenvalue weighted by atomic mass is 19.2. The molecule has 16 aromatic rings. The fourth-order valence-corrected chi connectivity index (χ4v) is 12.9. The summed E-state index contributed by atoms with van der Waals surface area (Å²) in [6.07, 6.45) is 7.12. The Morgan fingerprint density at radius 3 is 0.828 bits per heavy atom. The summed E-state index contributed by atoms with van der Waals surface area (Å²) in [5.74, 6) is -10.8. The Bertz CT molecular complexity index is 5400. The van der Waals surface area contributed by atoms with E-state index in [-0.39, 0.29) is 11.3 Å². The van der Waals surface area contributed by atoms with Gasteiger partial charge < -0.3 is 9.13 Å². The van der Waals surface area contributed by atoms with Gasteiger partial charge in [-0.25, -0.2) is 22.0 Å². The molecule has 93 heavy (non-hydrogen) atoms. The topological polar surface area (TPSA) is 85.2 Å². The normalized spacial score (nSPS) is 11.5. The highest BCUT2D eigenvalue weighted by Crippen LogP contribution is 2.46. The van der Waals surface area contributed by atoms with Gasteiger partial charge >= 0.3 is 0 Å². The van der Waals surface area contributed by atoms with Gasteiger partial charge in [-0.2, -0.15) is 5.26 Å². The summed E-state index contributed by atoms with van der Waals surface area (Å²) in [7, 11) is 0. The minimum atomic E-state index is -2.32. The molecule has 0 aliphatic heterocycles. The first-order valence-corrected chi connectivity index (χ1v) is 30.0. The van der Waals surface area contributed by atoms with Gasteiger partial charge in [-0.3, -0.25) is 19.9 Å². The molecular formula is C81H46F5N7. The minimum Gasteiger partial charge on any atom is -0.307 e. The number of pyridine rings is 4. The van der Waals surface area contributed by atoms with Crippen LogP contribution in [0.15, 0.2) is 280 Å². The number of rotatable bonds is 11. The lowest BCUT2D eigenvalue weighted by molar-refractivity contribution is 0.381. The van der Waals surface area contributed by atoms with E-state index in [9.17, 15) is 5.26 Å². The molecule has 10 aromatic carbocycles. The van der Waals surface area contributed by atoms with Crippen molar-refractivity contribution in [3.63, 3.8) is 0 Å². The van der Waals surface area contributed by atoms with Gasteiger partial charge in [-0.1, -0.05) is 146 Å². The maximum Gasteiger partial charge on any atom is 0.200 e. The van der Waals surface area contributed by atoms with Crippen LogP contribution in [0.1, 0.15) is 5.56 Å². The first-order chi connectivity index (χ1) is 45.6. The third kappa shape index (κ3) is 9.74. The van der Waals surface area contributed by atoms with Crippen molar-refractivity contribution in [2.75, 3.05) is 0 Å². The van der Waals surface area contributed by atoms with Crippen molar-refractivity contribution in [2.24, 2.45) is 0 Å². The lowest BCUT2D eigenvalue weighted by Crippen LogP contribution is -2.08. The molecule has 0 aliphatic carbocycles. The fourth-order valence-electron chi connectivity index (χ4n) is 12.9. The van der Waals surface area contributed by atoms with Crippen molar-refractivity contribution in [1.82, 2.24) is 29.1 Å². The smallest absolute Gasteiger partial charge is 0.200 e. The Hall–Kier alpha value is -12.5. The first-order valence-electron chi connectivity index (χ1n) is 30.0. The van der Waals surface area contributed by atoms with Crippen molar-refractivity contribution in [3.8, 4) is 118 Å². The number of halogens is 5. The van der Waals surface area contributed by atoms with Crippen LogP contribution in [0.5, 0.6) is 0 Å². The van der Waals surface area contributed by atoms with E-state index in [2.05, 4.69) is 30.3 Å². The van der Waals surface area contributed by atoms with E-state index in [0.29, 0.717) is 27.8 Å². The molecule has 0 unspecified atom stereocenters. The molecule has 0 atom stereocenters. The van der Waals surface area contributed by atoms with E-state index in [1.54, 1.807) is 24.8 Å². The van der Waals surface area contributed by atoms with Crippen LogP contribution in [0.3, 0.4) is 0 Å². The molecular weight excluding hydrogens is 1170 g/mol. The van der Waals surface area contributed by atoms with Gasteiger partial charge in [0.1, 0.15) is 0 Å². The second-order valence-corrected chi connectivity index (χ2v) is 22.7. The summed E-state index contributed by atoms with van der Waals surface area (Å²) >= 11 is 0. The van der Waals surface area contributed by atoms with Crippen LogP contribution < -0.4 is 0 Å². The predicted octanol–water partition coefficient (Wildman–Crippen LogP) is 21.0. The second-order valence-electron chi connectivity index (χ2n) is 22.7. The molecule has 0 fully saturated rings. The molecule has 0 saturated heterocycles. The van der Waals surface area contributed by atoms with E-state index in [0.717, 1.165) is 111 Å². The summed E-state index contributed by atoms with van der Waals surface area (Å²) in [6, 6.07) is 84.9. The molecule has 12 heteroatoms. The lowest BCUT2D eigenvalue weighted by Gasteiger charge is -2.20. The molecule has 6 heterocycles. The van der Waals surface area contributed by atoms with Crippen LogP contribution in [-0.2, 0) is 0 Å². The zero-order valence-corrected chi connectivity index (χ0v) is 49.1. The van der Waals surface area contributed by atoms with Gasteiger partial charge in [0.15, 0.2) is 23.3 Å². The average Bonchev–Trinajstić information content (AvgIpc) is 1.58. The maximum absolute atomic E-state index is 16.6. The van der Waals surface area contributed by atoms with Gasteiger partial charge in [-0.05, 0) is 154 Å². The fraction of sp³-hybridized carbons (Fsp3) is 0. The van der Waals surface area contributed by atoms with Crippen molar-refractivity contribution >= 4 is 43.6 Å². The Labute approximate surface area is 529 Å². The minimum absolute atomic E-state index is 0.259.